The fourth-order valence-corrected chi connectivity index (χ4v) is 2.43. The number of hydrogen-bond donors (Lipinski definition) is 2. The van der Waals surface area contributed by atoms with Gasteiger partial charge in [-0.3, -0.25) is 14.7 Å². The number of carbonyl (C=O) groups is 2. The molecule has 2 heterocycles. The first-order valence-electron chi connectivity index (χ1n) is 8.05. The summed E-state index contributed by atoms with van der Waals surface area (Å²) >= 11 is 0. The van der Waals surface area contributed by atoms with Gasteiger partial charge in [-0.1, -0.05) is 6.92 Å². The fourth-order valence-electron chi connectivity index (χ4n) is 2.43. The number of carbonyl (C=O) groups excluding carboxylic acids is 1. The number of carboxylic acids is 1. The van der Waals surface area contributed by atoms with Crippen LogP contribution in [0.2, 0.25) is 0 Å². The Balaban J connectivity index is 1.85. The van der Waals surface area contributed by atoms with Crippen LogP contribution in [0.25, 0.3) is 5.95 Å². The van der Waals surface area contributed by atoms with Crippen molar-refractivity contribution in [3.8, 4) is 5.95 Å². The molecule has 10 nitrogen and oxygen atoms in total. The van der Waals surface area contributed by atoms with Gasteiger partial charge in [0.2, 0.25) is 11.6 Å². The van der Waals surface area contributed by atoms with Crippen LogP contribution in [0.1, 0.15) is 42.0 Å². The maximum atomic E-state index is 12.7. The normalized spacial score (nSPS) is 15.6. The predicted octanol–water partition coefficient (Wildman–Crippen LogP) is 1.04. The number of carboxylic acid groups (broad SMARTS) is 1. The van der Waals surface area contributed by atoms with Crippen molar-refractivity contribution < 1.29 is 27.9 Å². The van der Waals surface area contributed by atoms with E-state index in [1.807, 2.05) is 0 Å². The Morgan fingerprint density at radius 1 is 1.37 bits per heavy atom. The van der Waals surface area contributed by atoms with Crippen LogP contribution in [-0.2, 0) is 11.0 Å². The van der Waals surface area contributed by atoms with Gasteiger partial charge in [0.15, 0.2) is 0 Å². The van der Waals surface area contributed by atoms with Crippen molar-refractivity contribution in [1.82, 2.24) is 34.8 Å². The first kappa shape index (κ1) is 18.8. The molecule has 2 N–H and O–H groups in total. The number of aromatic amines is 1. The Bertz CT molecular complexity index is 872. The van der Waals surface area contributed by atoms with Crippen molar-refractivity contribution in [2.75, 3.05) is 6.54 Å². The monoisotopic (exact) mass is 387 g/mol. The van der Waals surface area contributed by atoms with Crippen molar-refractivity contribution in [1.29, 1.82) is 0 Å². The average Bonchev–Trinajstić information content (AvgIpc) is 3.14. The Kier molecular flexibility index (Phi) is 4.61. The van der Waals surface area contributed by atoms with Gasteiger partial charge in [-0.05, 0) is 19.8 Å². The van der Waals surface area contributed by atoms with Crippen molar-refractivity contribution in [3.63, 3.8) is 0 Å². The van der Waals surface area contributed by atoms with Crippen LogP contribution in [0.4, 0.5) is 13.2 Å². The predicted molar refractivity (Wildman–Crippen MR) is 81.9 cm³/mol. The van der Waals surface area contributed by atoms with Crippen LogP contribution >= 0.6 is 0 Å². The SMILES string of the molecule is Cc1nc(C(=O)N(CC(C)C(=O)O)C2CC2)nn1-c1n[nH]c(C(F)(F)F)n1. The molecule has 0 bridgehead atoms. The molecular weight excluding hydrogens is 371 g/mol. The van der Waals surface area contributed by atoms with Gasteiger partial charge in [-0.15, -0.1) is 10.2 Å². The van der Waals surface area contributed by atoms with Gasteiger partial charge in [0.05, 0.1) is 5.92 Å². The molecule has 3 rings (SSSR count). The topological polar surface area (TPSA) is 130 Å². The summed E-state index contributed by atoms with van der Waals surface area (Å²) in [7, 11) is 0. The number of aryl methyl sites for hydroxylation is 1. The van der Waals surface area contributed by atoms with Gasteiger partial charge < -0.3 is 10.0 Å². The van der Waals surface area contributed by atoms with E-state index >= 15 is 0 Å². The Morgan fingerprint density at radius 3 is 2.56 bits per heavy atom. The molecule has 0 saturated heterocycles. The third-order valence-electron chi connectivity index (χ3n) is 4.03. The summed E-state index contributed by atoms with van der Waals surface area (Å²) in [4.78, 5) is 32.5. The number of amides is 1. The molecule has 0 radical (unpaired) electrons. The highest BCUT2D eigenvalue weighted by Gasteiger charge is 2.38. The molecule has 0 aromatic carbocycles. The van der Waals surface area contributed by atoms with Crippen molar-refractivity contribution in [2.45, 2.75) is 38.9 Å². The second-order valence-corrected chi connectivity index (χ2v) is 6.30. The number of hydrogen-bond acceptors (Lipinski definition) is 6. The van der Waals surface area contributed by atoms with E-state index in [0.29, 0.717) is 0 Å². The summed E-state index contributed by atoms with van der Waals surface area (Å²) < 4.78 is 38.9. The number of rotatable bonds is 6. The third-order valence-corrected chi connectivity index (χ3v) is 4.03. The maximum Gasteiger partial charge on any atom is 0.451 e. The highest BCUT2D eigenvalue weighted by molar-refractivity contribution is 5.91. The lowest BCUT2D eigenvalue weighted by Gasteiger charge is -2.22. The van der Waals surface area contributed by atoms with Gasteiger partial charge in [0.25, 0.3) is 11.9 Å². The molecule has 1 aliphatic rings. The summed E-state index contributed by atoms with van der Waals surface area (Å²) in [5.41, 5.74) is 0. The number of nitrogens with one attached hydrogen (secondary N) is 1. The summed E-state index contributed by atoms with van der Waals surface area (Å²) in [6.07, 6.45) is -3.21. The zero-order valence-electron chi connectivity index (χ0n) is 14.4. The maximum absolute atomic E-state index is 12.7. The smallest absolute Gasteiger partial charge is 0.451 e. The lowest BCUT2D eigenvalue weighted by Crippen LogP contribution is -2.39. The molecular formula is C14H16F3N7O3. The fraction of sp³-hybridized carbons (Fsp3) is 0.571. The Hall–Kier alpha value is -2.99. The van der Waals surface area contributed by atoms with Crippen LogP contribution in [0.3, 0.4) is 0 Å². The van der Waals surface area contributed by atoms with Crippen LogP contribution in [-0.4, -0.2) is 64.4 Å². The van der Waals surface area contributed by atoms with Gasteiger partial charge in [0, 0.05) is 12.6 Å². The highest BCUT2D eigenvalue weighted by Crippen LogP contribution is 2.29. The van der Waals surface area contributed by atoms with Gasteiger partial charge in [-0.2, -0.15) is 22.8 Å². The molecule has 27 heavy (non-hydrogen) atoms. The number of halogens is 3. The van der Waals surface area contributed by atoms with Crippen molar-refractivity contribution in [2.24, 2.45) is 5.92 Å². The molecule has 1 amide bonds. The second kappa shape index (κ2) is 6.63. The van der Waals surface area contributed by atoms with Gasteiger partial charge >= 0.3 is 12.1 Å². The minimum Gasteiger partial charge on any atom is -0.481 e. The first-order chi connectivity index (χ1) is 12.6. The molecule has 1 aliphatic carbocycles. The van der Waals surface area contributed by atoms with E-state index in [4.69, 9.17) is 5.11 Å². The summed E-state index contributed by atoms with van der Waals surface area (Å²) in [6.45, 7) is 2.91. The van der Waals surface area contributed by atoms with Crippen LogP contribution in [0.15, 0.2) is 0 Å². The first-order valence-corrected chi connectivity index (χ1v) is 8.05. The number of nitrogens with zero attached hydrogens (tertiary/aromatic N) is 6. The minimum atomic E-state index is -4.70. The van der Waals surface area contributed by atoms with E-state index in [1.54, 1.807) is 5.10 Å². The van der Waals surface area contributed by atoms with E-state index in [9.17, 15) is 22.8 Å². The summed E-state index contributed by atoms with van der Waals surface area (Å²) in [5.74, 6) is -4.23. The molecule has 13 heteroatoms. The van der Waals surface area contributed by atoms with Crippen molar-refractivity contribution in [3.05, 3.63) is 17.5 Å². The average molecular weight is 387 g/mol. The van der Waals surface area contributed by atoms with Gasteiger partial charge in [0.1, 0.15) is 5.82 Å². The summed E-state index contributed by atoms with van der Waals surface area (Å²) in [6, 6.07) is -0.0908. The zero-order chi connectivity index (χ0) is 19.9. The number of alkyl halides is 3. The van der Waals surface area contributed by atoms with Crippen LogP contribution in [0, 0.1) is 12.8 Å². The molecule has 1 atom stereocenters. The standard InChI is InChI=1S/C14H16F3N7O3/c1-6(11(26)27)5-23(8-3-4-8)10(25)9-18-7(2)24(22-9)13-19-12(20-21-13)14(15,16)17/h6,8H,3-5H2,1-2H3,(H,26,27)(H,19,20,21). The quantitative estimate of drug-likeness (QED) is 0.757. The summed E-state index contributed by atoms with van der Waals surface area (Å²) in [5, 5.41) is 18.2. The van der Waals surface area contributed by atoms with E-state index in [-0.39, 0.29) is 24.2 Å². The minimum absolute atomic E-state index is 0.00863. The number of aliphatic carboxylic acids is 1. The van der Waals surface area contributed by atoms with E-state index < -0.39 is 35.7 Å². The lowest BCUT2D eigenvalue weighted by atomic mass is 10.1. The molecule has 1 fully saturated rings. The molecule has 0 spiro atoms. The lowest BCUT2D eigenvalue weighted by molar-refractivity contribution is -0.144. The largest absolute Gasteiger partial charge is 0.481 e. The highest BCUT2D eigenvalue weighted by atomic mass is 19.4. The van der Waals surface area contributed by atoms with E-state index in [2.05, 4.69) is 20.2 Å². The molecule has 1 unspecified atom stereocenters. The molecule has 2 aromatic rings. The van der Waals surface area contributed by atoms with Gasteiger partial charge in [-0.25, -0.2) is 4.98 Å². The zero-order valence-corrected chi connectivity index (χ0v) is 14.4. The third kappa shape index (κ3) is 3.90. The van der Waals surface area contributed by atoms with Crippen molar-refractivity contribution >= 4 is 11.9 Å². The number of aromatic nitrogens is 6. The molecule has 146 valence electrons. The molecule has 0 aliphatic heterocycles. The Morgan fingerprint density at radius 2 is 2.04 bits per heavy atom. The molecule has 2 aromatic heterocycles. The Labute approximate surface area is 150 Å². The van der Waals surface area contributed by atoms with Crippen LogP contribution in [0.5, 0.6) is 0 Å². The van der Waals surface area contributed by atoms with Crippen LogP contribution < -0.4 is 0 Å². The van der Waals surface area contributed by atoms with E-state index in [0.717, 1.165) is 17.5 Å². The molecule has 1 saturated carbocycles. The second-order valence-electron chi connectivity index (χ2n) is 6.30. The van der Waals surface area contributed by atoms with E-state index in [1.165, 1.54) is 18.7 Å². The number of H-pyrrole nitrogens is 1.